The zero-order valence-electron chi connectivity index (χ0n) is 11.3. The molecule has 1 aromatic rings. The zero-order chi connectivity index (χ0) is 15.9. The Labute approximate surface area is 121 Å². The minimum Gasteiger partial charge on any atom is -0.383 e. The Morgan fingerprint density at radius 2 is 2.00 bits per heavy atom. The molecule has 0 atom stereocenters. The summed E-state index contributed by atoms with van der Waals surface area (Å²) in [7, 11) is -3.24. The quantitative estimate of drug-likeness (QED) is 0.694. The lowest BCUT2D eigenvalue weighted by atomic mass is 10.3. The van der Waals surface area contributed by atoms with E-state index in [4.69, 9.17) is 4.74 Å². The van der Waals surface area contributed by atoms with Crippen LogP contribution in [-0.4, -0.2) is 46.9 Å². The summed E-state index contributed by atoms with van der Waals surface area (Å²) in [5.41, 5.74) is -0.0420. The fourth-order valence-corrected chi connectivity index (χ4v) is 2.39. The molecule has 21 heavy (non-hydrogen) atoms. The molecule has 0 saturated heterocycles. The predicted molar refractivity (Wildman–Crippen MR) is 73.0 cm³/mol. The molecule has 0 heterocycles. The fraction of sp³-hybridized carbons (Fsp3) is 0.417. The second-order valence-electron chi connectivity index (χ2n) is 4.00. The Balaban J connectivity index is 2.75. The van der Waals surface area contributed by atoms with E-state index in [0.29, 0.717) is 13.2 Å². The maximum absolute atomic E-state index is 12.6. The third kappa shape index (κ3) is 4.94. The highest BCUT2D eigenvalue weighted by atomic mass is 32.2. The molecule has 118 valence electrons. The third-order valence-electron chi connectivity index (χ3n) is 2.50. The molecule has 0 aliphatic carbocycles. The average Bonchev–Trinajstić information content (AvgIpc) is 2.45. The van der Waals surface area contributed by atoms with Crippen molar-refractivity contribution in [2.45, 2.75) is 10.7 Å². The van der Waals surface area contributed by atoms with Gasteiger partial charge in [0.15, 0.2) is 0 Å². The molecule has 0 aromatic heterocycles. The Morgan fingerprint density at radius 1 is 1.33 bits per heavy atom. The Kier molecular flexibility index (Phi) is 6.50. The fourth-order valence-electron chi connectivity index (χ4n) is 1.49. The highest BCUT2D eigenvalue weighted by Crippen LogP contribution is 2.25. The first-order valence-electron chi connectivity index (χ1n) is 6.00. The van der Waals surface area contributed by atoms with E-state index in [9.17, 15) is 22.0 Å². The van der Waals surface area contributed by atoms with Crippen molar-refractivity contribution in [3.05, 3.63) is 24.3 Å². The van der Waals surface area contributed by atoms with Crippen molar-refractivity contribution in [3.8, 4) is 0 Å². The highest BCUT2D eigenvalue weighted by molar-refractivity contribution is 7.91. The number of halogens is 2. The van der Waals surface area contributed by atoms with E-state index in [1.807, 2.05) is 0 Å². The molecule has 6 nitrogen and oxygen atoms in total. The van der Waals surface area contributed by atoms with Crippen molar-refractivity contribution in [1.29, 1.82) is 0 Å². The van der Waals surface area contributed by atoms with Crippen molar-refractivity contribution in [1.82, 2.24) is 5.32 Å². The Morgan fingerprint density at radius 3 is 2.62 bits per heavy atom. The minimum atomic E-state index is -4.72. The molecule has 0 spiro atoms. The molecule has 0 fully saturated rings. The van der Waals surface area contributed by atoms with Crippen LogP contribution in [0.15, 0.2) is 29.2 Å². The number of ether oxygens (including phenoxy) is 1. The summed E-state index contributed by atoms with van der Waals surface area (Å²) < 4.78 is 52.9. The van der Waals surface area contributed by atoms with Gasteiger partial charge in [0.05, 0.1) is 23.7 Å². The summed E-state index contributed by atoms with van der Waals surface area (Å²) in [6, 6.07) is 5.19. The summed E-state index contributed by atoms with van der Waals surface area (Å²) in [5.74, 6) is -3.92. The largest absolute Gasteiger partial charge is 0.383 e. The number of nitrogens with one attached hydrogen (secondary N) is 2. The van der Waals surface area contributed by atoms with E-state index in [0.717, 1.165) is 6.07 Å². The molecule has 1 rings (SSSR count). The maximum atomic E-state index is 12.6. The summed E-state index contributed by atoms with van der Waals surface area (Å²) in [4.78, 5) is 10.9. The van der Waals surface area contributed by atoms with Crippen molar-refractivity contribution < 1.29 is 26.7 Å². The number of alkyl halides is 2. The first-order chi connectivity index (χ1) is 9.89. The summed E-state index contributed by atoms with van der Waals surface area (Å²) in [6.45, 7) is 0.398. The number of hydrogen-bond donors (Lipinski definition) is 2. The summed E-state index contributed by atoms with van der Waals surface area (Å²) in [6.07, 6.45) is 0. The molecule has 0 unspecified atom stereocenters. The first kappa shape index (κ1) is 17.3. The number of sulfone groups is 1. The van der Waals surface area contributed by atoms with Gasteiger partial charge >= 0.3 is 5.76 Å². The predicted octanol–water partition coefficient (Wildman–Crippen LogP) is 0.857. The van der Waals surface area contributed by atoms with E-state index in [1.165, 1.54) is 25.3 Å². The minimum absolute atomic E-state index is 0.0420. The van der Waals surface area contributed by atoms with Crippen LogP contribution in [-0.2, 0) is 19.4 Å². The molecular weight excluding hydrogens is 306 g/mol. The number of para-hydroxylation sites is 1. The van der Waals surface area contributed by atoms with Crippen LogP contribution in [0.4, 0.5) is 14.5 Å². The number of benzene rings is 1. The second kappa shape index (κ2) is 7.89. The molecule has 9 heteroatoms. The molecule has 0 aliphatic heterocycles. The first-order valence-corrected chi connectivity index (χ1v) is 7.54. The Bertz CT molecular complexity index is 578. The summed E-state index contributed by atoms with van der Waals surface area (Å²) >= 11 is 0. The maximum Gasteiger partial charge on any atom is 0.341 e. The van der Waals surface area contributed by atoms with Crippen LogP contribution in [0.5, 0.6) is 0 Å². The molecule has 1 aromatic carbocycles. The monoisotopic (exact) mass is 322 g/mol. The SMILES string of the molecule is COCCNC(=O)CNc1ccccc1S(=O)(=O)C(F)F. The van der Waals surface area contributed by atoms with Gasteiger partial charge in [-0.05, 0) is 12.1 Å². The molecule has 0 saturated carbocycles. The van der Waals surface area contributed by atoms with E-state index in [-0.39, 0.29) is 12.2 Å². The van der Waals surface area contributed by atoms with Crippen molar-refractivity contribution >= 4 is 21.4 Å². The van der Waals surface area contributed by atoms with Crippen LogP contribution in [0.1, 0.15) is 0 Å². The Hall–Kier alpha value is -1.74. The van der Waals surface area contributed by atoms with Crippen molar-refractivity contribution in [2.75, 3.05) is 32.1 Å². The van der Waals surface area contributed by atoms with Crippen molar-refractivity contribution in [3.63, 3.8) is 0 Å². The number of methoxy groups -OCH3 is 1. The van der Waals surface area contributed by atoms with Crippen LogP contribution >= 0.6 is 0 Å². The molecule has 0 bridgehead atoms. The van der Waals surface area contributed by atoms with Gasteiger partial charge in [-0.15, -0.1) is 0 Å². The second-order valence-corrected chi connectivity index (χ2v) is 5.88. The third-order valence-corrected chi connectivity index (χ3v) is 3.93. The van der Waals surface area contributed by atoms with Gasteiger partial charge in [-0.25, -0.2) is 8.42 Å². The number of carbonyl (C=O) groups is 1. The van der Waals surface area contributed by atoms with Gasteiger partial charge in [-0.2, -0.15) is 8.78 Å². The normalized spacial score (nSPS) is 11.4. The standard InChI is InChI=1S/C12H16F2N2O4S/c1-20-7-6-15-11(17)8-16-9-4-2-3-5-10(9)21(18,19)12(13)14/h2-5,12,16H,6-8H2,1H3,(H,15,17). The van der Waals surface area contributed by atoms with Gasteiger partial charge in [-0.1, -0.05) is 12.1 Å². The lowest BCUT2D eigenvalue weighted by Crippen LogP contribution is -2.32. The number of carbonyl (C=O) groups excluding carboxylic acids is 1. The highest BCUT2D eigenvalue weighted by Gasteiger charge is 2.28. The van der Waals surface area contributed by atoms with E-state index < -0.39 is 26.4 Å². The molecule has 0 radical (unpaired) electrons. The van der Waals surface area contributed by atoms with E-state index >= 15 is 0 Å². The number of hydrogen-bond acceptors (Lipinski definition) is 5. The van der Waals surface area contributed by atoms with Gasteiger partial charge in [0.2, 0.25) is 15.7 Å². The van der Waals surface area contributed by atoms with Crippen LogP contribution in [0.3, 0.4) is 0 Å². The van der Waals surface area contributed by atoms with Crippen LogP contribution in [0.2, 0.25) is 0 Å². The average molecular weight is 322 g/mol. The van der Waals surface area contributed by atoms with Gasteiger partial charge < -0.3 is 15.4 Å². The van der Waals surface area contributed by atoms with Gasteiger partial charge in [0.25, 0.3) is 0 Å². The number of anilines is 1. The van der Waals surface area contributed by atoms with Crippen LogP contribution in [0, 0.1) is 0 Å². The smallest absolute Gasteiger partial charge is 0.341 e. The van der Waals surface area contributed by atoms with Gasteiger partial charge in [-0.3, -0.25) is 4.79 Å². The van der Waals surface area contributed by atoms with E-state index in [2.05, 4.69) is 10.6 Å². The zero-order valence-corrected chi connectivity index (χ0v) is 12.1. The molecular formula is C12H16F2N2O4S. The number of rotatable bonds is 8. The lowest BCUT2D eigenvalue weighted by Gasteiger charge is -2.12. The van der Waals surface area contributed by atoms with Crippen LogP contribution < -0.4 is 10.6 Å². The lowest BCUT2D eigenvalue weighted by molar-refractivity contribution is -0.119. The van der Waals surface area contributed by atoms with Gasteiger partial charge in [0, 0.05) is 13.7 Å². The molecule has 0 aliphatic rings. The van der Waals surface area contributed by atoms with Gasteiger partial charge in [0.1, 0.15) is 0 Å². The molecule has 2 N–H and O–H groups in total. The number of amides is 1. The van der Waals surface area contributed by atoms with E-state index in [1.54, 1.807) is 0 Å². The van der Waals surface area contributed by atoms with Crippen molar-refractivity contribution in [2.24, 2.45) is 0 Å². The van der Waals surface area contributed by atoms with Crippen LogP contribution in [0.25, 0.3) is 0 Å². The molecule has 1 amide bonds. The summed E-state index contributed by atoms with van der Waals surface area (Å²) in [5, 5.41) is 5.05. The topological polar surface area (TPSA) is 84.5 Å².